The van der Waals surface area contributed by atoms with Crippen LogP contribution in [0.1, 0.15) is 10.4 Å². The van der Waals surface area contributed by atoms with Gasteiger partial charge in [0.1, 0.15) is 11.6 Å². The van der Waals surface area contributed by atoms with E-state index < -0.39 is 0 Å². The van der Waals surface area contributed by atoms with Crippen molar-refractivity contribution >= 4 is 29.1 Å². The van der Waals surface area contributed by atoms with Crippen LogP contribution in [0.15, 0.2) is 24.5 Å². The Morgan fingerprint density at radius 1 is 1.59 bits per heavy atom. The van der Waals surface area contributed by atoms with Crippen molar-refractivity contribution in [2.24, 2.45) is 7.05 Å². The molecule has 2 aromatic heterocycles. The number of carbonyl (C=O) groups excluding carboxylic acids is 1. The topological polar surface area (TPSA) is 85.8 Å². The summed E-state index contributed by atoms with van der Waals surface area (Å²) in [5.74, 6) is 0.457. The van der Waals surface area contributed by atoms with Gasteiger partial charge in [-0.25, -0.2) is 4.98 Å². The Kier molecular flexibility index (Phi) is 2.97. The second-order valence-electron chi connectivity index (χ2n) is 3.38. The van der Waals surface area contributed by atoms with Gasteiger partial charge < -0.3 is 11.1 Å². The zero-order chi connectivity index (χ0) is 12.4. The third kappa shape index (κ3) is 2.36. The van der Waals surface area contributed by atoms with E-state index in [1.54, 1.807) is 19.3 Å². The fourth-order valence-corrected chi connectivity index (χ4v) is 1.50. The van der Waals surface area contributed by atoms with Gasteiger partial charge in [0, 0.05) is 19.3 Å². The lowest BCUT2D eigenvalue weighted by Gasteiger charge is -2.06. The molecule has 0 aromatic carbocycles. The van der Waals surface area contributed by atoms with Crippen molar-refractivity contribution < 1.29 is 4.79 Å². The number of aromatic nitrogens is 3. The summed E-state index contributed by atoms with van der Waals surface area (Å²) >= 11 is 5.87. The average molecular weight is 252 g/mol. The molecule has 0 saturated carbocycles. The Labute approximate surface area is 102 Å². The van der Waals surface area contributed by atoms with Gasteiger partial charge in [-0.05, 0) is 6.07 Å². The minimum absolute atomic E-state index is 0.240. The molecular formula is C10H10ClN5O. The Morgan fingerprint density at radius 2 is 2.35 bits per heavy atom. The lowest BCUT2D eigenvalue weighted by Crippen LogP contribution is -2.15. The molecule has 3 N–H and O–H groups in total. The number of anilines is 2. The maximum atomic E-state index is 11.9. The van der Waals surface area contributed by atoms with Crippen molar-refractivity contribution in [1.82, 2.24) is 14.8 Å². The first kappa shape index (κ1) is 11.4. The summed E-state index contributed by atoms with van der Waals surface area (Å²) in [7, 11) is 1.72. The van der Waals surface area contributed by atoms with Crippen LogP contribution in [0.25, 0.3) is 0 Å². The molecule has 0 aliphatic heterocycles. The van der Waals surface area contributed by atoms with Gasteiger partial charge in [0.05, 0.1) is 16.8 Å². The SMILES string of the molecule is Cn1nccc1NC(=O)c1cc(N)ncc1Cl. The van der Waals surface area contributed by atoms with Gasteiger partial charge >= 0.3 is 0 Å². The molecule has 17 heavy (non-hydrogen) atoms. The number of hydrogen-bond donors (Lipinski definition) is 2. The number of pyridine rings is 1. The third-order valence-electron chi connectivity index (χ3n) is 2.18. The predicted molar refractivity (Wildman–Crippen MR) is 64.8 cm³/mol. The van der Waals surface area contributed by atoms with Crippen LogP contribution in [0.3, 0.4) is 0 Å². The summed E-state index contributed by atoms with van der Waals surface area (Å²) in [6.07, 6.45) is 2.92. The monoisotopic (exact) mass is 251 g/mol. The highest BCUT2D eigenvalue weighted by Gasteiger charge is 2.12. The number of nitrogens with one attached hydrogen (secondary N) is 1. The van der Waals surface area contributed by atoms with Crippen LogP contribution >= 0.6 is 11.6 Å². The molecule has 0 bridgehead atoms. The minimum atomic E-state index is -0.354. The number of nitrogens with two attached hydrogens (primary N) is 1. The predicted octanol–water partition coefficient (Wildman–Crippen LogP) is 1.30. The van der Waals surface area contributed by atoms with E-state index >= 15 is 0 Å². The Balaban J connectivity index is 2.26. The molecule has 1 amide bonds. The molecule has 6 nitrogen and oxygen atoms in total. The van der Waals surface area contributed by atoms with Gasteiger partial charge in [-0.2, -0.15) is 5.10 Å². The van der Waals surface area contributed by atoms with Crippen molar-refractivity contribution in [1.29, 1.82) is 0 Å². The minimum Gasteiger partial charge on any atom is -0.384 e. The van der Waals surface area contributed by atoms with Crippen LogP contribution in [-0.2, 0) is 7.05 Å². The van der Waals surface area contributed by atoms with E-state index in [9.17, 15) is 4.79 Å². The standard InChI is InChI=1S/C10H10ClN5O/c1-16-9(2-3-14-16)15-10(17)6-4-8(12)13-5-7(6)11/h2-5H,1H3,(H2,12,13)(H,15,17). The number of hydrogen-bond acceptors (Lipinski definition) is 4. The molecule has 0 saturated heterocycles. The van der Waals surface area contributed by atoms with E-state index in [1.165, 1.54) is 16.9 Å². The van der Waals surface area contributed by atoms with Crippen LogP contribution in [-0.4, -0.2) is 20.7 Å². The molecule has 7 heteroatoms. The number of nitrogen functional groups attached to an aromatic ring is 1. The second-order valence-corrected chi connectivity index (χ2v) is 3.79. The van der Waals surface area contributed by atoms with Gasteiger partial charge in [-0.3, -0.25) is 9.48 Å². The maximum absolute atomic E-state index is 11.9. The molecule has 0 spiro atoms. The van der Waals surface area contributed by atoms with Crippen molar-refractivity contribution in [3.63, 3.8) is 0 Å². The first-order valence-corrected chi connectivity index (χ1v) is 5.16. The smallest absolute Gasteiger partial charge is 0.258 e. The number of rotatable bonds is 2. The van der Waals surface area contributed by atoms with Crippen molar-refractivity contribution in [2.45, 2.75) is 0 Å². The van der Waals surface area contributed by atoms with Crippen molar-refractivity contribution in [3.8, 4) is 0 Å². The molecule has 0 aliphatic carbocycles. The van der Waals surface area contributed by atoms with Crippen LogP contribution in [0.5, 0.6) is 0 Å². The summed E-state index contributed by atoms with van der Waals surface area (Å²) in [5.41, 5.74) is 5.78. The first-order valence-electron chi connectivity index (χ1n) is 4.78. The molecule has 2 rings (SSSR count). The number of aryl methyl sites for hydroxylation is 1. The van der Waals surface area contributed by atoms with Crippen LogP contribution in [0.2, 0.25) is 5.02 Å². The Morgan fingerprint density at radius 3 is 3.00 bits per heavy atom. The summed E-state index contributed by atoms with van der Waals surface area (Å²) in [6.45, 7) is 0. The number of amides is 1. The third-order valence-corrected chi connectivity index (χ3v) is 2.48. The van der Waals surface area contributed by atoms with Crippen LogP contribution < -0.4 is 11.1 Å². The number of nitrogens with zero attached hydrogens (tertiary/aromatic N) is 3. The zero-order valence-electron chi connectivity index (χ0n) is 9.01. The molecule has 2 aromatic rings. The molecular weight excluding hydrogens is 242 g/mol. The van der Waals surface area contributed by atoms with E-state index in [2.05, 4.69) is 15.4 Å². The molecule has 0 radical (unpaired) electrons. The molecule has 88 valence electrons. The largest absolute Gasteiger partial charge is 0.384 e. The van der Waals surface area contributed by atoms with Crippen LogP contribution in [0, 0.1) is 0 Å². The second kappa shape index (κ2) is 4.42. The fraction of sp³-hybridized carbons (Fsp3) is 0.100. The van der Waals surface area contributed by atoms with E-state index in [0.717, 1.165) is 0 Å². The zero-order valence-corrected chi connectivity index (χ0v) is 9.77. The molecule has 0 unspecified atom stereocenters. The Bertz CT molecular complexity index is 566. The number of carbonyl (C=O) groups is 1. The van der Waals surface area contributed by atoms with E-state index in [1.807, 2.05) is 0 Å². The van der Waals surface area contributed by atoms with Gasteiger partial charge in [0.15, 0.2) is 0 Å². The van der Waals surface area contributed by atoms with Gasteiger partial charge in [0.25, 0.3) is 5.91 Å². The normalized spacial score (nSPS) is 10.2. The van der Waals surface area contributed by atoms with E-state index in [-0.39, 0.29) is 22.3 Å². The van der Waals surface area contributed by atoms with E-state index in [4.69, 9.17) is 17.3 Å². The van der Waals surface area contributed by atoms with Gasteiger partial charge in [-0.1, -0.05) is 11.6 Å². The highest BCUT2D eigenvalue weighted by Crippen LogP contribution is 2.18. The molecule has 2 heterocycles. The fourth-order valence-electron chi connectivity index (χ4n) is 1.31. The van der Waals surface area contributed by atoms with Crippen molar-refractivity contribution in [2.75, 3.05) is 11.1 Å². The first-order chi connectivity index (χ1) is 8.08. The Hall–Kier alpha value is -2.08. The molecule has 0 fully saturated rings. The lowest BCUT2D eigenvalue weighted by atomic mass is 10.2. The summed E-state index contributed by atoms with van der Waals surface area (Å²) in [6, 6.07) is 3.10. The van der Waals surface area contributed by atoms with Gasteiger partial charge in [-0.15, -0.1) is 0 Å². The average Bonchev–Trinajstić information content (AvgIpc) is 2.68. The van der Waals surface area contributed by atoms with Gasteiger partial charge in [0.2, 0.25) is 0 Å². The van der Waals surface area contributed by atoms with Crippen molar-refractivity contribution in [3.05, 3.63) is 35.1 Å². The van der Waals surface area contributed by atoms with Crippen LogP contribution in [0.4, 0.5) is 11.6 Å². The highest BCUT2D eigenvalue weighted by atomic mass is 35.5. The van der Waals surface area contributed by atoms with E-state index in [0.29, 0.717) is 5.82 Å². The summed E-state index contributed by atoms with van der Waals surface area (Å²) in [5, 5.41) is 6.85. The maximum Gasteiger partial charge on any atom is 0.258 e. The number of halogens is 1. The highest BCUT2D eigenvalue weighted by molar-refractivity contribution is 6.34. The summed E-state index contributed by atoms with van der Waals surface area (Å²) in [4.78, 5) is 15.7. The molecule has 0 atom stereocenters. The molecule has 0 aliphatic rings. The lowest BCUT2D eigenvalue weighted by molar-refractivity contribution is 0.102. The summed E-state index contributed by atoms with van der Waals surface area (Å²) < 4.78 is 1.54. The quantitative estimate of drug-likeness (QED) is 0.842.